The third-order valence-corrected chi connectivity index (χ3v) is 5.81. The zero-order valence-electron chi connectivity index (χ0n) is 18.1. The number of imidazole rings is 1. The number of hydrogen-bond acceptors (Lipinski definition) is 6. The molecule has 0 radical (unpaired) electrons. The van der Waals surface area contributed by atoms with E-state index in [4.69, 9.17) is 4.74 Å². The number of rotatable bonds is 6. The van der Waals surface area contributed by atoms with Gasteiger partial charge in [0.05, 0.1) is 18.3 Å². The van der Waals surface area contributed by atoms with Crippen molar-refractivity contribution < 1.29 is 27.1 Å². The van der Waals surface area contributed by atoms with Crippen molar-refractivity contribution in [1.29, 1.82) is 0 Å². The van der Waals surface area contributed by atoms with Crippen LogP contribution in [0.5, 0.6) is 5.75 Å². The number of nitrogens with one attached hydrogen (secondary N) is 2. The molecule has 2 aromatic heterocycles. The van der Waals surface area contributed by atoms with Crippen LogP contribution in [0.25, 0.3) is 5.52 Å². The number of carbonyl (C=O) groups is 2. The molecule has 9 nitrogen and oxygen atoms in total. The van der Waals surface area contributed by atoms with Crippen molar-refractivity contribution >= 4 is 38.5 Å². The van der Waals surface area contributed by atoms with Crippen LogP contribution in [-0.4, -0.2) is 43.0 Å². The Balaban J connectivity index is 1.64. The number of benzene rings is 2. The topological polar surface area (TPSA) is 119 Å². The summed E-state index contributed by atoms with van der Waals surface area (Å²) in [6.07, 6.45) is 2.51. The van der Waals surface area contributed by atoms with Gasteiger partial charge in [0.25, 0.3) is 11.8 Å². The number of carbonyl (C=O) groups excluding carboxylic acids is 2. The SMILES string of the molecule is COc1ccc(NC(=O)c2nc(S(C)(=O)=O)n3ccccc23)cc1NC(=O)c1cccc(F)c1. The van der Waals surface area contributed by atoms with Crippen molar-refractivity contribution in [3.8, 4) is 5.75 Å². The number of halogens is 1. The molecule has 4 aromatic rings. The first-order valence-electron chi connectivity index (χ1n) is 9.91. The molecule has 2 heterocycles. The summed E-state index contributed by atoms with van der Waals surface area (Å²) in [4.78, 5) is 29.6. The second-order valence-corrected chi connectivity index (χ2v) is 9.21. The summed E-state index contributed by atoms with van der Waals surface area (Å²) in [5.74, 6) is -1.46. The summed E-state index contributed by atoms with van der Waals surface area (Å²) < 4.78 is 44.3. The van der Waals surface area contributed by atoms with Gasteiger partial charge in [-0.05, 0) is 48.5 Å². The lowest BCUT2D eigenvalue weighted by molar-refractivity contribution is 0.101. The highest BCUT2D eigenvalue weighted by atomic mass is 32.2. The monoisotopic (exact) mass is 482 g/mol. The van der Waals surface area contributed by atoms with Crippen LogP contribution < -0.4 is 15.4 Å². The number of pyridine rings is 1. The lowest BCUT2D eigenvalue weighted by atomic mass is 10.2. The number of hydrogen-bond donors (Lipinski definition) is 2. The van der Waals surface area contributed by atoms with E-state index in [9.17, 15) is 22.4 Å². The third-order valence-electron chi connectivity index (χ3n) is 4.86. The molecule has 174 valence electrons. The summed E-state index contributed by atoms with van der Waals surface area (Å²) in [5.41, 5.74) is 0.865. The van der Waals surface area contributed by atoms with Crippen molar-refractivity contribution in [2.75, 3.05) is 24.0 Å². The fourth-order valence-corrected chi connectivity index (χ4v) is 4.11. The van der Waals surface area contributed by atoms with E-state index in [1.165, 1.54) is 48.0 Å². The molecule has 2 amide bonds. The molecule has 11 heteroatoms. The summed E-state index contributed by atoms with van der Waals surface area (Å²) >= 11 is 0. The van der Waals surface area contributed by atoms with Crippen LogP contribution in [0.3, 0.4) is 0 Å². The van der Waals surface area contributed by atoms with Gasteiger partial charge in [0, 0.05) is 23.7 Å². The average Bonchev–Trinajstić information content (AvgIpc) is 3.20. The van der Waals surface area contributed by atoms with Crippen LogP contribution in [0.4, 0.5) is 15.8 Å². The Bertz CT molecular complexity index is 1530. The highest BCUT2D eigenvalue weighted by Crippen LogP contribution is 2.29. The summed E-state index contributed by atoms with van der Waals surface area (Å²) in [5, 5.41) is 5.03. The molecular formula is C23H19FN4O5S. The molecule has 2 aromatic carbocycles. The van der Waals surface area contributed by atoms with E-state index in [2.05, 4.69) is 15.6 Å². The van der Waals surface area contributed by atoms with Gasteiger partial charge in [0.2, 0.25) is 15.0 Å². The first-order chi connectivity index (χ1) is 16.2. The maximum Gasteiger partial charge on any atom is 0.276 e. The quantitative estimate of drug-likeness (QED) is 0.435. The van der Waals surface area contributed by atoms with Crippen LogP contribution in [0.15, 0.2) is 72.0 Å². The highest BCUT2D eigenvalue weighted by molar-refractivity contribution is 7.90. The van der Waals surface area contributed by atoms with E-state index < -0.39 is 27.5 Å². The Kier molecular flexibility index (Phi) is 6.03. The Labute approximate surface area is 194 Å². The number of methoxy groups -OCH3 is 1. The molecule has 0 aliphatic rings. The first-order valence-corrected chi connectivity index (χ1v) is 11.8. The van der Waals surface area contributed by atoms with Crippen molar-refractivity contribution in [2.24, 2.45) is 0 Å². The largest absolute Gasteiger partial charge is 0.495 e. The molecule has 2 N–H and O–H groups in total. The summed E-state index contributed by atoms with van der Waals surface area (Å²) in [6.45, 7) is 0. The smallest absolute Gasteiger partial charge is 0.276 e. The molecule has 0 aliphatic carbocycles. The lowest BCUT2D eigenvalue weighted by Gasteiger charge is -2.13. The van der Waals surface area contributed by atoms with E-state index in [1.807, 2.05) is 0 Å². The predicted molar refractivity (Wildman–Crippen MR) is 124 cm³/mol. The number of aromatic nitrogens is 2. The number of anilines is 2. The van der Waals surface area contributed by atoms with E-state index in [1.54, 1.807) is 24.3 Å². The minimum atomic E-state index is -3.69. The van der Waals surface area contributed by atoms with Crippen LogP contribution >= 0.6 is 0 Å². The number of ether oxygens (including phenoxy) is 1. The second kappa shape index (κ2) is 8.94. The molecule has 0 bridgehead atoms. The van der Waals surface area contributed by atoms with Crippen LogP contribution in [0.2, 0.25) is 0 Å². The van der Waals surface area contributed by atoms with E-state index in [-0.39, 0.29) is 22.1 Å². The van der Waals surface area contributed by atoms with Gasteiger partial charge in [-0.2, -0.15) is 0 Å². The summed E-state index contributed by atoms with van der Waals surface area (Å²) in [7, 11) is -2.28. The minimum Gasteiger partial charge on any atom is -0.495 e. The molecular weight excluding hydrogens is 463 g/mol. The first kappa shape index (κ1) is 22.9. The fourth-order valence-electron chi connectivity index (χ4n) is 3.34. The Morgan fingerprint density at radius 2 is 1.79 bits per heavy atom. The number of fused-ring (bicyclic) bond motifs is 1. The van der Waals surface area contributed by atoms with Crippen LogP contribution in [0.1, 0.15) is 20.8 Å². The highest BCUT2D eigenvalue weighted by Gasteiger charge is 2.23. The zero-order valence-corrected chi connectivity index (χ0v) is 18.9. The van der Waals surface area contributed by atoms with Crippen molar-refractivity contribution in [1.82, 2.24) is 9.38 Å². The van der Waals surface area contributed by atoms with Gasteiger partial charge in [-0.3, -0.25) is 14.0 Å². The molecule has 0 aliphatic heterocycles. The van der Waals surface area contributed by atoms with Gasteiger partial charge in [0.15, 0.2) is 5.69 Å². The van der Waals surface area contributed by atoms with Crippen LogP contribution in [-0.2, 0) is 9.84 Å². The number of amides is 2. The standard InChI is InChI=1S/C23H19FN4O5S/c1-33-19-10-9-16(13-17(19)26-21(29)14-6-5-7-15(24)12-14)25-22(30)20-18-8-3-4-11-28(18)23(27-20)34(2,31)32/h3-13H,1-2H3,(H,25,30)(H,26,29). The number of nitrogens with zero attached hydrogens (tertiary/aromatic N) is 2. The maximum absolute atomic E-state index is 13.5. The number of sulfone groups is 1. The Hall–Kier alpha value is -4.25. The predicted octanol–water partition coefficient (Wildman–Crippen LogP) is 3.39. The molecule has 0 atom stereocenters. The zero-order chi connectivity index (χ0) is 24.5. The van der Waals surface area contributed by atoms with E-state index in [0.29, 0.717) is 17.0 Å². The average molecular weight is 482 g/mol. The van der Waals surface area contributed by atoms with E-state index >= 15 is 0 Å². The van der Waals surface area contributed by atoms with Gasteiger partial charge in [-0.25, -0.2) is 17.8 Å². The molecule has 0 spiro atoms. The maximum atomic E-state index is 13.5. The Morgan fingerprint density at radius 3 is 2.50 bits per heavy atom. The van der Waals surface area contributed by atoms with Crippen molar-refractivity contribution in [3.63, 3.8) is 0 Å². The van der Waals surface area contributed by atoms with Gasteiger partial charge in [-0.15, -0.1) is 0 Å². The second-order valence-electron chi connectivity index (χ2n) is 7.30. The summed E-state index contributed by atoms with van der Waals surface area (Å²) in [6, 6.07) is 14.6. The Morgan fingerprint density at radius 1 is 1.00 bits per heavy atom. The van der Waals surface area contributed by atoms with Gasteiger partial charge < -0.3 is 15.4 Å². The molecule has 0 saturated heterocycles. The minimum absolute atomic E-state index is 0.0813. The molecule has 0 fully saturated rings. The van der Waals surface area contributed by atoms with Gasteiger partial charge in [-0.1, -0.05) is 12.1 Å². The van der Waals surface area contributed by atoms with Gasteiger partial charge in [0.1, 0.15) is 11.6 Å². The van der Waals surface area contributed by atoms with Gasteiger partial charge >= 0.3 is 0 Å². The van der Waals surface area contributed by atoms with Crippen LogP contribution in [0, 0.1) is 5.82 Å². The molecule has 34 heavy (non-hydrogen) atoms. The molecule has 0 unspecified atom stereocenters. The fraction of sp³-hybridized carbons (Fsp3) is 0.0870. The third kappa shape index (κ3) is 4.59. The van der Waals surface area contributed by atoms with E-state index in [0.717, 1.165) is 12.3 Å². The lowest BCUT2D eigenvalue weighted by Crippen LogP contribution is -2.15. The van der Waals surface area contributed by atoms with Crippen molar-refractivity contribution in [2.45, 2.75) is 5.16 Å². The normalized spacial score (nSPS) is 11.3. The van der Waals surface area contributed by atoms with Crippen molar-refractivity contribution in [3.05, 3.63) is 83.9 Å². The molecule has 0 saturated carbocycles. The molecule has 4 rings (SSSR count).